The molecule has 0 radical (unpaired) electrons. The van der Waals surface area contributed by atoms with Crippen LogP contribution in [0.1, 0.15) is 79.0 Å². The number of fused-ring (bicyclic) bond motifs is 3. The first kappa shape index (κ1) is 32.4. The molecule has 248 valence electrons. The molecule has 0 unspecified atom stereocenters. The van der Waals surface area contributed by atoms with E-state index in [4.69, 9.17) is 9.72 Å². The van der Waals surface area contributed by atoms with E-state index in [2.05, 4.69) is 187 Å². The zero-order valence-electron chi connectivity index (χ0n) is 30.2. The molecule has 0 aliphatic carbocycles. The molecular formula is C44H46N4O. The van der Waals surface area contributed by atoms with Crippen molar-refractivity contribution in [2.75, 3.05) is 0 Å². The van der Waals surface area contributed by atoms with Gasteiger partial charge in [0, 0.05) is 35.4 Å². The average molecular weight is 647 g/mol. The highest BCUT2D eigenvalue weighted by Crippen LogP contribution is 2.37. The van der Waals surface area contributed by atoms with Gasteiger partial charge in [-0.05, 0) is 93.6 Å². The van der Waals surface area contributed by atoms with Gasteiger partial charge in [0.2, 0.25) is 0 Å². The number of ether oxygens (including phenoxy) is 1. The van der Waals surface area contributed by atoms with E-state index in [1.807, 2.05) is 10.8 Å². The topological polar surface area (TPSA) is 35.9 Å². The van der Waals surface area contributed by atoms with E-state index in [0.29, 0.717) is 0 Å². The molecule has 0 saturated heterocycles. The van der Waals surface area contributed by atoms with Gasteiger partial charge in [0.05, 0.1) is 22.4 Å². The molecule has 3 aromatic heterocycles. The number of benzene rings is 4. The maximum absolute atomic E-state index is 6.73. The van der Waals surface area contributed by atoms with Crippen LogP contribution in [-0.4, -0.2) is 14.1 Å². The van der Waals surface area contributed by atoms with Gasteiger partial charge in [-0.25, -0.2) is 4.98 Å². The minimum atomic E-state index is -0.0849. The molecule has 0 aliphatic rings. The Kier molecular flexibility index (Phi) is 7.78. The first-order valence-electron chi connectivity index (χ1n) is 17.1. The van der Waals surface area contributed by atoms with Crippen molar-refractivity contribution in [1.82, 2.24) is 14.1 Å². The van der Waals surface area contributed by atoms with Crippen LogP contribution in [0.15, 0.2) is 116 Å². The molecule has 0 bridgehead atoms. The number of nitrogens with zero attached hydrogens (tertiary/aromatic N) is 4. The second-order valence-corrected chi connectivity index (χ2v) is 16.2. The molecule has 4 aromatic carbocycles. The third kappa shape index (κ3) is 6.38. The summed E-state index contributed by atoms with van der Waals surface area (Å²) in [5.41, 5.74) is 7.96. The van der Waals surface area contributed by atoms with E-state index in [9.17, 15) is 0 Å². The third-order valence-corrected chi connectivity index (χ3v) is 9.33. The van der Waals surface area contributed by atoms with E-state index >= 15 is 0 Å². The Morgan fingerprint density at radius 1 is 0.612 bits per heavy atom. The Hall–Kier alpha value is -5.16. The summed E-state index contributed by atoms with van der Waals surface area (Å²) in [6.45, 7) is 20.1. The summed E-state index contributed by atoms with van der Waals surface area (Å²) in [6.07, 6.45) is 9.57. The van der Waals surface area contributed by atoms with Crippen LogP contribution in [-0.2, 0) is 16.2 Å². The second-order valence-electron chi connectivity index (χ2n) is 16.2. The molecule has 0 N–H and O–H groups in total. The molecule has 0 spiro atoms. The first-order chi connectivity index (χ1) is 23.1. The van der Waals surface area contributed by atoms with Gasteiger partial charge >= 0.3 is 0 Å². The van der Waals surface area contributed by atoms with Gasteiger partial charge in [0.25, 0.3) is 6.33 Å². The van der Waals surface area contributed by atoms with Crippen molar-refractivity contribution in [2.45, 2.75) is 78.6 Å². The quantitative estimate of drug-likeness (QED) is 0.138. The molecule has 7 aromatic rings. The number of hydrogen-bond donors (Lipinski definition) is 0. The number of hydrogen-bond acceptors (Lipinski definition) is 2. The number of pyridine rings is 1. The molecule has 5 heteroatoms. The summed E-state index contributed by atoms with van der Waals surface area (Å²) in [7, 11) is 0. The summed E-state index contributed by atoms with van der Waals surface area (Å²) < 4.78 is 13.1. The first-order valence-corrected chi connectivity index (χ1v) is 17.1. The Bertz CT molecular complexity index is 2320. The van der Waals surface area contributed by atoms with E-state index < -0.39 is 0 Å². The molecular weight excluding hydrogens is 601 g/mol. The third-order valence-electron chi connectivity index (χ3n) is 9.33. The lowest BCUT2D eigenvalue weighted by atomic mass is 9.86. The van der Waals surface area contributed by atoms with E-state index in [1.165, 1.54) is 22.1 Å². The number of rotatable bonds is 5. The van der Waals surface area contributed by atoms with Gasteiger partial charge in [-0.1, -0.05) is 92.6 Å². The van der Waals surface area contributed by atoms with Crippen LogP contribution in [0, 0.1) is 6.33 Å². The van der Waals surface area contributed by atoms with E-state index in [1.54, 1.807) is 0 Å². The molecule has 7 rings (SSSR count). The van der Waals surface area contributed by atoms with Gasteiger partial charge in [-0.15, -0.1) is 0 Å². The van der Waals surface area contributed by atoms with Crippen LogP contribution >= 0.6 is 0 Å². The van der Waals surface area contributed by atoms with Gasteiger partial charge in [-0.2, -0.15) is 0 Å². The largest absolute Gasteiger partial charge is 0.458 e. The Morgan fingerprint density at radius 3 is 2.08 bits per heavy atom. The van der Waals surface area contributed by atoms with Crippen LogP contribution in [0.3, 0.4) is 0 Å². The standard InChI is InChI=1S/C44H46N4O/c1-42(2,3)30-13-12-14-33(23-30)46-21-22-47(29-46)34-24-32(44(7,8)9)25-36(27-34)49-35-17-18-38-37-15-10-11-16-39(37)48(40(38)28-35)41-26-31(19-20-45-41)43(4,5)6/h10-28H,1-9H3. The van der Waals surface area contributed by atoms with Gasteiger partial charge in [0.1, 0.15) is 17.3 Å². The Morgan fingerprint density at radius 2 is 1.33 bits per heavy atom. The lowest BCUT2D eigenvalue weighted by molar-refractivity contribution is -0.599. The molecule has 49 heavy (non-hydrogen) atoms. The normalized spacial score (nSPS) is 12.6. The van der Waals surface area contributed by atoms with Crippen molar-refractivity contribution < 1.29 is 9.30 Å². The maximum atomic E-state index is 6.73. The van der Waals surface area contributed by atoms with E-state index in [-0.39, 0.29) is 16.2 Å². The molecule has 0 aliphatic heterocycles. The highest BCUT2D eigenvalue weighted by atomic mass is 16.5. The lowest BCUT2D eigenvalue weighted by Gasteiger charge is -2.22. The molecule has 0 amide bonds. The minimum Gasteiger partial charge on any atom is -0.458 e. The van der Waals surface area contributed by atoms with Crippen molar-refractivity contribution in [1.29, 1.82) is 0 Å². The van der Waals surface area contributed by atoms with Gasteiger partial charge in [-0.3, -0.25) is 13.7 Å². The Labute approximate surface area is 290 Å². The van der Waals surface area contributed by atoms with Crippen molar-refractivity contribution in [3.05, 3.63) is 139 Å². The summed E-state index contributed by atoms with van der Waals surface area (Å²) in [5.74, 6) is 2.45. The second kappa shape index (κ2) is 11.8. The zero-order valence-corrected chi connectivity index (χ0v) is 30.2. The highest BCUT2D eigenvalue weighted by molar-refractivity contribution is 6.09. The van der Waals surface area contributed by atoms with Crippen molar-refractivity contribution in [2.24, 2.45) is 0 Å². The summed E-state index contributed by atoms with van der Waals surface area (Å²) >= 11 is 0. The predicted octanol–water partition coefficient (Wildman–Crippen LogP) is 10.7. The van der Waals surface area contributed by atoms with Gasteiger partial charge in [0.15, 0.2) is 0 Å². The van der Waals surface area contributed by atoms with Crippen LogP contribution in [0.2, 0.25) is 0 Å². The summed E-state index contributed by atoms with van der Waals surface area (Å²) in [4.78, 5) is 4.85. The molecule has 3 heterocycles. The summed E-state index contributed by atoms with van der Waals surface area (Å²) in [6, 6.07) is 34.4. The number of aromatic nitrogens is 4. The van der Waals surface area contributed by atoms with Crippen LogP contribution in [0.5, 0.6) is 11.5 Å². The van der Waals surface area contributed by atoms with Crippen molar-refractivity contribution in [3.63, 3.8) is 0 Å². The lowest BCUT2D eigenvalue weighted by Crippen LogP contribution is -2.29. The fourth-order valence-electron chi connectivity index (χ4n) is 6.34. The van der Waals surface area contributed by atoms with Crippen LogP contribution in [0.4, 0.5) is 0 Å². The van der Waals surface area contributed by atoms with Gasteiger partial charge < -0.3 is 4.74 Å². The Balaban J connectivity index is 1.30. The SMILES string of the molecule is CC(C)(C)c1cc(Oc2ccc3c4ccccc4n(-c4cc(C(C)(C)C)ccn4)c3c2)cc(-n2[c-][n+](-c3cccc(C(C)(C)C)c3)cc2)c1. The molecule has 0 saturated carbocycles. The molecule has 0 fully saturated rings. The minimum absolute atomic E-state index is 0.00732. The van der Waals surface area contributed by atoms with Crippen LogP contribution in [0.25, 0.3) is 39.0 Å². The maximum Gasteiger partial charge on any atom is 0.268 e. The number of para-hydroxylation sites is 1. The fourth-order valence-corrected chi connectivity index (χ4v) is 6.34. The van der Waals surface area contributed by atoms with Crippen LogP contribution < -0.4 is 9.30 Å². The zero-order chi connectivity index (χ0) is 34.7. The smallest absolute Gasteiger partial charge is 0.268 e. The predicted molar refractivity (Wildman–Crippen MR) is 201 cm³/mol. The fraction of sp³-hybridized carbons (Fsp3) is 0.273. The van der Waals surface area contributed by atoms with Crippen molar-refractivity contribution >= 4 is 21.8 Å². The average Bonchev–Trinajstić information content (AvgIpc) is 3.67. The monoisotopic (exact) mass is 646 g/mol. The number of imidazole rings is 1. The molecule has 0 atom stereocenters. The highest BCUT2D eigenvalue weighted by Gasteiger charge is 2.20. The summed E-state index contributed by atoms with van der Waals surface area (Å²) in [5, 5.41) is 2.35. The molecule has 5 nitrogen and oxygen atoms in total. The van der Waals surface area contributed by atoms with E-state index in [0.717, 1.165) is 45.1 Å². The van der Waals surface area contributed by atoms with Crippen molar-refractivity contribution in [3.8, 4) is 28.7 Å².